The van der Waals surface area contributed by atoms with Crippen molar-refractivity contribution in [1.82, 2.24) is 19.7 Å². The van der Waals surface area contributed by atoms with Crippen LogP contribution in [0.3, 0.4) is 0 Å². The van der Waals surface area contributed by atoms with Gasteiger partial charge in [0.05, 0.1) is 11.3 Å². The van der Waals surface area contributed by atoms with Gasteiger partial charge in [-0.1, -0.05) is 44.2 Å². The molecule has 0 saturated carbocycles. The number of rotatable bonds is 4. The fraction of sp³-hybridized carbons (Fsp3) is 0.360. The van der Waals surface area contributed by atoms with E-state index in [0.29, 0.717) is 42.0 Å². The molecule has 0 bridgehead atoms. The third kappa shape index (κ3) is 3.68. The highest BCUT2D eigenvalue weighted by Crippen LogP contribution is 2.30. The monoisotopic (exact) mass is 430 g/mol. The van der Waals surface area contributed by atoms with Crippen molar-refractivity contribution in [1.29, 1.82) is 0 Å². The topological polar surface area (TPSA) is 81.2 Å². The quantitative estimate of drug-likeness (QED) is 0.484. The maximum absolute atomic E-state index is 13.6. The lowest BCUT2D eigenvalue weighted by molar-refractivity contribution is 0.0692. The molecule has 5 rings (SSSR count). The summed E-state index contributed by atoms with van der Waals surface area (Å²) in [6.07, 6.45) is 1.77. The van der Waals surface area contributed by atoms with Gasteiger partial charge in [0.2, 0.25) is 0 Å². The van der Waals surface area contributed by atoms with Gasteiger partial charge < -0.3 is 9.32 Å². The van der Waals surface area contributed by atoms with Crippen molar-refractivity contribution >= 4 is 27.8 Å². The SMILES string of the molecule is CC(C)Cn1nc(C(=O)N2CCCC(c3nc4ccccc4o3)C2)c2ccccc2c1=O. The van der Waals surface area contributed by atoms with Crippen molar-refractivity contribution in [3.8, 4) is 0 Å². The van der Waals surface area contributed by atoms with Crippen molar-refractivity contribution in [2.45, 2.75) is 39.2 Å². The number of hydrogen-bond donors (Lipinski definition) is 0. The fourth-order valence-electron chi connectivity index (χ4n) is 4.44. The van der Waals surface area contributed by atoms with Crippen molar-refractivity contribution in [3.05, 3.63) is 70.5 Å². The molecule has 7 nitrogen and oxygen atoms in total. The van der Waals surface area contributed by atoms with E-state index in [4.69, 9.17) is 4.42 Å². The Labute approximate surface area is 185 Å². The highest BCUT2D eigenvalue weighted by Gasteiger charge is 2.30. The molecule has 0 spiro atoms. The van der Waals surface area contributed by atoms with Crippen LogP contribution in [0.5, 0.6) is 0 Å². The summed E-state index contributed by atoms with van der Waals surface area (Å²) in [5, 5.41) is 5.65. The van der Waals surface area contributed by atoms with Crippen LogP contribution in [0.25, 0.3) is 21.9 Å². The second-order valence-corrected chi connectivity index (χ2v) is 8.89. The average molecular weight is 431 g/mol. The van der Waals surface area contributed by atoms with Gasteiger partial charge in [0.15, 0.2) is 17.2 Å². The third-order valence-electron chi connectivity index (χ3n) is 5.98. The molecule has 164 valence electrons. The Balaban J connectivity index is 1.49. The van der Waals surface area contributed by atoms with Gasteiger partial charge in [-0.25, -0.2) is 9.67 Å². The smallest absolute Gasteiger partial charge is 0.274 e. The van der Waals surface area contributed by atoms with Gasteiger partial charge in [0, 0.05) is 25.0 Å². The fourth-order valence-corrected chi connectivity index (χ4v) is 4.44. The zero-order valence-corrected chi connectivity index (χ0v) is 18.3. The number of oxazole rings is 1. The summed E-state index contributed by atoms with van der Waals surface area (Å²) < 4.78 is 7.41. The Bertz CT molecular complexity index is 1320. The van der Waals surface area contributed by atoms with Crippen molar-refractivity contribution in [2.24, 2.45) is 5.92 Å². The molecule has 3 heterocycles. The molecule has 0 radical (unpaired) electrons. The summed E-state index contributed by atoms with van der Waals surface area (Å²) in [4.78, 5) is 33.0. The van der Waals surface area contributed by atoms with Crippen LogP contribution >= 0.6 is 0 Å². The molecule has 32 heavy (non-hydrogen) atoms. The van der Waals surface area contributed by atoms with Crippen LogP contribution in [0.1, 0.15) is 49.0 Å². The van der Waals surface area contributed by atoms with Gasteiger partial charge >= 0.3 is 0 Å². The molecule has 1 saturated heterocycles. The first-order valence-electron chi connectivity index (χ1n) is 11.2. The third-order valence-corrected chi connectivity index (χ3v) is 5.98. The zero-order chi connectivity index (χ0) is 22.2. The number of carbonyl (C=O) groups is 1. The van der Waals surface area contributed by atoms with E-state index in [1.54, 1.807) is 12.1 Å². The number of fused-ring (bicyclic) bond motifs is 2. The van der Waals surface area contributed by atoms with Crippen LogP contribution in [0.15, 0.2) is 57.7 Å². The molecule has 1 unspecified atom stereocenters. The van der Waals surface area contributed by atoms with E-state index >= 15 is 0 Å². The highest BCUT2D eigenvalue weighted by molar-refractivity contribution is 6.04. The van der Waals surface area contributed by atoms with Gasteiger partial charge in [0.1, 0.15) is 5.52 Å². The molecule has 4 aromatic rings. The largest absolute Gasteiger partial charge is 0.440 e. The van der Waals surface area contributed by atoms with Crippen LogP contribution in [0.4, 0.5) is 0 Å². The van der Waals surface area contributed by atoms with Crippen molar-refractivity contribution in [2.75, 3.05) is 13.1 Å². The highest BCUT2D eigenvalue weighted by atomic mass is 16.3. The molecule has 2 aromatic heterocycles. The van der Waals surface area contributed by atoms with Gasteiger partial charge in [-0.2, -0.15) is 5.10 Å². The predicted octanol–water partition coefficient (Wildman–Crippen LogP) is 4.21. The molecule has 1 aliphatic rings. The van der Waals surface area contributed by atoms with Crippen LogP contribution < -0.4 is 5.56 Å². The number of carbonyl (C=O) groups excluding carboxylic acids is 1. The number of aromatic nitrogens is 3. The first-order chi connectivity index (χ1) is 15.5. The lowest BCUT2D eigenvalue weighted by Crippen LogP contribution is -2.40. The molecule has 1 aliphatic heterocycles. The van der Waals surface area contributed by atoms with Crippen LogP contribution in [-0.4, -0.2) is 38.7 Å². The summed E-state index contributed by atoms with van der Waals surface area (Å²) >= 11 is 0. The van der Waals surface area contributed by atoms with Gasteiger partial charge in [-0.3, -0.25) is 9.59 Å². The molecule has 1 fully saturated rings. The summed E-state index contributed by atoms with van der Waals surface area (Å²) in [6.45, 7) is 5.69. The number of amides is 1. The van der Waals surface area contributed by atoms with E-state index in [-0.39, 0.29) is 23.3 Å². The summed E-state index contributed by atoms with van der Waals surface area (Å²) in [7, 11) is 0. The Morgan fingerprint density at radius 3 is 2.66 bits per heavy atom. The summed E-state index contributed by atoms with van der Waals surface area (Å²) in [6, 6.07) is 14.9. The lowest BCUT2D eigenvalue weighted by atomic mass is 9.97. The normalized spacial score (nSPS) is 16.8. The van der Waals surface area contributed by atoms with Crippen LogP contribution in [0, 0.1) is 5.92 Å². The summed E-state index contributed by atoms with van der Waals surface area (Å²) in [5.74, 6) is 0.793. The van der Waals surface area contributed by atoms with Crippen molar-refractivity contribution < 1.29 is 9.21 Å². The van der Waals surface area contributed by atoms with Gasteiger partial charge in [-0.15, -0.1) is 0 Å². The lowest BCUT2D eigenvalue weighted by Gasteiger charge is -2.31. The van der Waals surface area contributed by atoms with Crippen molar-refractivity contribution in [3.63, 3.8) is 0 Å². The number of likely N-dealkylation sites (tertiary alicyclic amines) is 1. The van der Waals surface area contributed by atoms with E-state index < -0.39 is 0 Å². The van der Waals surface area contributed by atoms with E-state index in [1.807, 2.05) is 55.1 Å². The standard InChI is InChI=1S/C25H26N4O3/c1-16(2)14-29-24(30)19-10-4-3-9-18(19)22(27-29)25(31)28-13-7-8-17(15-28)23-26-20-11-5-6-12-21(20)32-23/h3-6,9-12,16-17H,7-8,13-15H2,1-2H3. The van der Waals surface area contributed by atoms with E-state index in [0.717, 1.165) is 23.9 Å². The minimum Gasteiger partial charge on any atom is -0.440 e. The molecule has 2 aromatic carbocycles. The minimum atomic E-state index is -0.158. The van der Waals surface area contributed by atoms with Gasteiger partial charge in [-0.05, 0) is 37.0 Å². The van der Waals surface area contributed by atoms with Crippen LogP contribution in [0.2, 0.25) is 0 Å². The molecule has 0 N–H and O–H groups in total. The number of piperidine rings is 1. The molecule has 7 heteroatoms. The Morgan fingerprint density at radius 2 is 1.88 bits per heavy atom. The van der Waals surface area contributed by atoms with Crippen LogP contribution in [-0.2, 0) is 6.54 Å². The Kier molecular flexibility index (Phi) is 5.25. The number of nitrogens with zero attached hydrogens (tertiary/aromatic N) is 4. The minimum absolute atomic E-state index is 0.0351. The second-order valence-electron chi connectivity index (χ2n) is 8.89. The molecular formula is C25H26N4O3. The number of benzene rings is 2. The van der Waals surface area contributed by atoms with E-state index in [9.17, 15) is 9.59 Å². The molecule has 1 atom stereocenters. The maximum Gasteiger partial charge on any atom is 0.274 e. The average Bonchev–Trinajstić information content (AvgIpc) is 3.25. The first kappa shape index (κ1) is 20.4. The summed E-state index contributed by atoms with van der Waals surface area (Å²) in [5.41, 5.74) is 1.77. The second kappa shape index (κ2) is 8.22. The first-order valence-corrected chi connectivity index (χ1v) is 11.2. The molecule has 1 amide bonds. The number of para-hydroxylation sites is 2. The molecule has 0 aliphatic carbocycles. The van der Waals surface area contributed by atoms with Gasteiger partial charge in [0.25, 0.3) is 11.5 Å². The molecular weight excluding hydrogens is 404 g/mol. The maximum atomic E-state index is 13.6. The van der Waals surface area contributed by atoms with E-state index in [1.165, 1.54) is 4.68 Å². The Morgan fingerprint density at radius 1 is 1.12 bits per heavy atom. The predicted molar refractivity (Wildman–Crippen MR) is 123 cm³/mol. The zero-order valence-electron chi connectivity index (χ0n) is 18.3. The Hall–Kier alpha value is -3.48. The van der Waals surface area contributed by atoms with E-state index in [2.05, 4.69) is 10.1 Å². The number of hydrogen-bond acceptors (Lipinski definition) is 5.